The Morgan fingerprint density at radius 1 is 1.10 bits per heavy atom. The zero-order valence-electron chi connectivity index (χ0n) is 12.4. The van der Waals surface area contributed by atoms with E-state index in [2.05, 4.69) is 26.0 Å². The van der Waals surface area contributed by atoms with E-state index in [0.29, 0.717) is 11.8 Å². The van der Waals surface area contributed by atoms with Gasteiger partial charge in [-0.3, -0.25) is 4.79 Å². The summed E-state index contributed by atoms with van der Waals surface area (Å²) in [5, 5.41) is 9.94. The molecule has 2 aliphatic rings. The first-order chi connectivity index (χ1) is 9.53. The molecule has 0 saturated heterocycles. The SMILES string of the molecule is CC1CCC(C2(C(=O)O)Cc3ccccc3C2)CC1C. The van der Waals surface area contributed by atoms with Crippen LogP contribution in [-0.2, 0) is 17.6 Å². The largest absolute Gasteiger partial charge is 0.481 e. The quantitative estimate of drug-likeness (QED) is 0.885. The Morgan fingerprint density at radius 3 is 2.20 bits per heavy atom. The topological polar surface area (TPSA) is 37.3 Å². The Kier molecular flexibility index (Phi) is 3.35. The van der Waals surface area contributed by atoms with E-state index in [9.17, 15) is 9.90 Å². The zero-order chi connectivity index (χ0) is 14.3. The molecule has 2 heteroatoms. The molecule has 3 atom stereocenters. The van der Waals surface area contributed by atoms with Crippen molar-refractivity contribution in [3.8, 4) is 0 Å². The van der Waals surface area contributed by atoms with Crippen LogP contribution in [-0.4, -0.2) is 11.1 Å². The zero-order valence-corrected chi connectivity index (χ0v) is 12.4. The molecule has 0 amide bonds. The molecule has 108 valence electrons. The summed E-state index contributed by atoms with van der Waals surface area (Å²) in [5.41, 5.74) is 1.96. The van der Waals surface area contributed by atoms with E-state index < -0.39 is 11.4 Å². The highest BCUT2D eigenvalue weighted by molar-refractivity contribution is 5.77. The minimum atomic E-state index is -0.583. The maximum Gasteiger partial charge on any atom is 0.310 e. The van der Waals surface area contributed by atoms with Gasteiger partial charge < -0.3 is 5.11 Å². The van der Waals surface area contributed by atoms with Gasteiger partial charge in [0.2, 0.25) is 0 Å². The Bertz CT molecular complexity index is 495. The van der Waals surface area contributed by atoms with Gasteiger partial charge in [-0.15, -0.1) is 0 Å². The van der Waals surface area contributed by atoms with Crippen molar-refractivity contribution < 1.29 is 9.90 Å². The fraction of sp³-hybridized carbons (Fsp3) is 0.611. The molecule has 3 rings (SSSR count). The average Bonchev–Trinajstić information content (AvgIpc) is 2.82. The molecule has 3 unspecified atom stereocenters. The Morgan fingerprint density at radius 2 is 1.70 bits per heavy atom. The van der Waals surface area contributed by atoms with Gasteiger partial charge in [-0.1, -0.05) is 44.5 Å². The molecule has 2 aliphatic carbocycles. The minimum absolute atomic E-state index is 0.332. The van der Waals surface area contributed by atoms with Gasteiger partial charge in [0.25, 0.3) is 0 Å². The van der Waals surface area contributed by atoms with Crippen LogP contribution in [0.25, 0.3) is 0 Å². The molecule has 0 aromatic heterocycles. The van der Waals surface area contributed by atoms with Crippen LogP contribution in [0.1, 0.15) is 44.2 Å². The van der Waals surface area contributed by atoms with Crippen molar-refractivity contribution in [3.05, 3.63) is 35.4 Å². The first-order valence-corrected chi connectivity index (χ1v) is 7.83. The van der Waals surface area contributed by atoms with E-state index in [0.717, 1.165) is 31.6 Å². The lowest BCUT2D eigenvalue weighted by atomic mass is 9.63. The number of hydrogen-bond acceptors (Lipinski definition) is 1. The number of rotatable bonds is 2. The summed E-state index contributed by atoms with van der Waals surface area (Å²) in [6.45, 7) is 4.59. The third-order valence-corrected chi connectivity index (χ3v) is 5.94. The molecule has 0 spiro atoms. The maximum absolute atomic E-state index is 12.1. The van der Waals surface area contributed by atoms with Gasteiger partial charge in [0.05, 0.1) is 5.41 Å². The second-order valence-electron chi connectivity index (χ2n) is 7.05. The molecule has 1 fully saturated rings. The van der Waals surface area contributed by atoms with Gasteiger partial charge in [-0.05, 0) is 54.6 Å². The van der Waals surface area contributed by atoms with Crippen LogP contribution >= 0.6 is 0 Å². The average molecular weight is 272 g/mol. The predicted octanol–water partition coefficient (Wildman–Crippen LogP) is 3.93. The predicted molar refractivity (Wildman–Crippen MR) is 79.6 cm³/mol. The summed E-state index contributed by atoms with van der Waals surface area (Å²) in [4.78, 5) is 12.1. The lowest BCUT2D eigenvalue weighted by molar-refractivity contribution is -0.153. The molecule has 0 aliphatic heterocycles. The number of carbonyl (C=O) groups is 1. The summed E-state index contributed by atoms with van der Waals surface area (Å²) in [7, 11) is 0. The number of aliphatic carboxylic acids is 1. The van der Waals surface area contributed by atoms with Crippen LogP contribution in [0.15, 0.2) is 24.3 Å². The van der Waals surface area contributed by atoms with Gasteiger partial charge in [-0.2, -0.15) is 0 Å². The van der Waals surface area contributed by atoms with Gasteiger partial charge in [0.15, 0.2) is 0 Å². The third-order valence-electron chi connectivity index (χ3n) is 5.94. The van der Waals surface area contributed by atoms with Crippen molar-refractivity contribution in [2.24, 2.45) is 23.2 Å². The van der Waals surface area contributed by atoms with Crippen molar-refractivity contribution in [3.63, 3.8) is 0 Å². The molecule has 2 nitrogen and oxygen atoms in total. The van der Waals surface area contributed by atoms with Gasteiger partial charge in [0, 0.05) is 0 Å². The number of benzene rings is 1. The van der Waals surface area contributed by atoms with Crippen molar-refractivity contribution in [2.75, 3.05) is 0 Å². The highest BCUT2D eigenvalue weighted by Crippen LogP contribution is 2.50. The van der Waals surface area contributed by atoms with Crippen LogP contribution in [0.2, 0.25) is 0 Å². The van der Waals surface area contributed by atoms with Gasteiger partial charge in [-0.25, -0.2) is 0 Å². The monoisotopic (exact) mass is 272 g/mol. The molecule has 0 bridgehead atoms. The second kappa shape index (κ2) is 4.91. The van der Waals surface area contributed by atoms with Crippen molar-refractivity contribution in [1.82, 2.24) is 0 Å². The lowest BCUT2D eigenvalue weighted by Crippen LogP contribution is -2.42. The maximum atomic E-state index is 12.1. The Hall–Kier alpha value is -1.31. The van der Waals surface area contributed by atoms with E-state index in [1.165, 1.54) is 17.5 Å². The first kappa shape index (κ1) is 13.7. The first-order valence-electron chi connectivity index (χ1n) is 7.83. The molecule has 1 aromatic rings. The smallest absolute Gasteiger partial charge is 0.310 e. The fourth-order valence-corrected chi connectivity index (χ4v) is 4.31. The van der Waals surface area contributed by atoms with E-state index >= 15 is 0 Å². The molecule has 1 aromatic carbocycles. The molecular weight excluding hydrogens is 248 g/mol. The summed E-state index contributed by atoms with van der Waals surface area (Å²) in [5.74, 6) is 1.13. The normalized spacial score (nSPS) is 31.8. The molecule has 0 heterocycles. The summed E-state index contributed by atoms with van der Waals surface area (Å²) in [6, 6.07) is 8.27. The van der Waals surface area contributed by atoms with Crippen molar-refractivity contribution >= 4 is 5.97 Å². The van der Waals surface area contributed by atoms with Gasteiger partial charge >= 0.3 is 5.97 Å². The summed E-state index contributed by atoms with van der Waals surface area (Å²) in [6.07, 6.45) is 4.78. The van der Waals surface area contributed by atoms with Crippen LogP contribution < -0.4 is 0 Å². The van der Waals surface area contributed by atoms with Crippen LogP contribution in [0.5, 0.6) is 0 Å². The van der Waals surface area contributed by atoms with E-state index in [1.807, 2.05) is 12.1 Å². The number of hydrogen-bond donors (Lipinski definition) is 1. The molecule has 1 N–H and O–H groups in total. The molecule has 1 saturated carbocycles. The van der Waals surface area contributed by atoms with Crippen LogP contribution in [0.4, 0.5) is 0 Å². The van der Waals surface area contributed by atoms with E-state index in [1.54, 1.807) is 0 Å². The molecule has 0 radical (unpaired) electrons. The Labute approximate surface area is 121 Å². The number of fused-ring (bicyclic) bond motifs is 1. The van der Waals surface area contributed by atoms with Crippen molar-refractivity contribution in [2.45, 2.75) is 46.0 Å². The third kappa shape index (κ3) is 2.06. The number of carboxylic acid groups (broad SMARTS) is 1. The van der Waals surface area contributed by atoms with E-state index in [4.69, 9.17) is 0 Å². The minimum Gasteiger partial charge on any atom is -0.481 e. The Balaban J connectivity index is 1.90. The van der Waals surface area contributed by atoms with Gasteiger partial charge in [0.1, 0.15) is 0 Å². The second-order valence-corrected chi connectivity index (χ2v) is 7.05. The molecule has 20 heavy (non-hydrogen) atoms. The standard InChI is InChI=1S/C18H24O2/c1-12-7-8-16(9-13(12)2)18(17(19)20)10-14-5-3-4-6-15(14)11-18/h3-6,12-13,16H,7-11H2,1-2H3,(H,19,20). The summed E-state index contributed by atoms with van der Waals surface area (Å²) >= 11 is 0. The lowest BCUT2D eigenvalue weighted by Gasteiger charge is -2.41. The highest BCUT2D eigenvalue weighted by Gasteiger charge is 2.50. The number of carboxylic acids is 1. The van der Waals surface area contributed by atoms with Crippen LogP contribution in [0.3, 0.4) is 0 Å². The van der Waals surface area contributed by atoms with E-state index in [-0.39, 0.29) is 0 Å². The van der Waals surface area contributed by atoms with Crippen molar-refractivity contribution in [1.29, 1.82) is 0 Å². The highest BCUT2D eigenvalue weighted by atomic mass is 16.4. The fourth-order valence-electron chi connectivity index (χ4n) is 4.31. The molecular formula is C18H24O2. The summed E-state index contributed by atoms with van der Waals surface area (Å²) < 4.78 is 0. The van der Waals surface area contributed by atoms with Crippen LogP contribution in [0, 0.1) is 23.2 Å².